The molecule has 3 rings (SSSR count). The number of aryl methyl sites for hydroxylation is 1. The van der Waals surface area contributed by atoms with Crippen LogP contribution in [0.5, 0.6) is 5.75 Å². The summed E-state index contributed by atoms with van der Waals surface area (Å²) in [6.07, 6.45) is 0. The topological polar surface area (TPSA) is 71.7 Å². The normalized spacial score (nSPS) is 10.5. The lowest BCUT2D eigenvalue weighted by molar-refractivity contribution is -0.118. The van der Waals surface area contributed by atoms with Gasteiger partial charge in [-0.25, -0.2) is 0 Å². The molecule has 0 bridgehead atoms. The van der Waals surface area contributed by atoms with Crippen molar-refractivity contribution in [2.75, 3.05) is 11.9 Å². The quantitative estimate of drug-likeness (QED) is 0.718. The van der Waals surface area contributed by atoms with Crippen LogP contribution in [0.15, 0.2) is 65.1 Å². The summed E-state index contributed by atoms with van der Waals surface area (Å²) in [5.74, 6) is 1.66. The molecule has 0 atom stereocenters. The van der Waals surface area contributed by atoms with Gasteiger partial charge in [0.2, 0.25) is 0 Å². The molecule has 0 radical (unpaired) electrons. The number of para-hydroxylation sites is 1. The Morgan fingerprint density at radius 2 is 1.84 bits per heavy atom. The van der Waals surface area contributed by atoms with E-state index in [1.54, 1.807) is 24.3 Å². The molecule has 1 aromatic heterocycles. The number of carbonyl (C=O) groups is 1. The number of hydrogen-bond acceptors (Lipinski definition) is 4. The highest BCUT2D eigenvalue weighted by molar-refractivity contribution is 5.92. The van der Waals surface area contributed by atoms with E-state index in [0.29, 0.717) is 23.0 Å². The molecule has 0 aliphatic heterocycles. The molecule has 0 spiro atoms. The molecule has 5 nitrogen and oxygen atoms in total. The van der Waals surface area contributed by atoms with Crippen molar-refractivity contribution in [3.63, 3.8) is 0 Å². The van der Waals surface area contributed by atoms with Gasteiger partial charge in [-0.15, -0.1) is 0 Å². The summed E-state index contributed by atoms with van der Waals surface area (Å²) < 4.78 is 11.0. The minimum Gasteiger partial charge on any atom is -0.483 e. The third-order valence-electron chi connectivity index (χ3n) is 3.72. The van der Waals surface area contributed by atoms with Crippen molar-refractivity contribution in [3.8, 4) is 17.1 Å². The molecule has 2 N–H and O–H groups in total. The number of aliphatic hydroxyl groups excluding tert-OH is 1. The first-order valence-corrected chi connectivity index (χ1v) is 7.94. The molecule has 1 heterocycles. The van der Waals surface area contributed by atoms with E-state index < -0.39 is 0 Å². The zero-order valence-electron chi connectivity index (χ0n) is 13.9. The fourth-order valence-corrected chi connectivity index (χ4v) is 2.39. The first-order valence-electron chi connectivity index (χ1n) is 7.94. The van der Waals surface area contributed by atoms with Gasteiger partial charge in [-0.05, 0) is 55.0 Å². The highest BCUT2D eigenvalue weighted by Gasteiger charge is 2.07. The smallest absolute Gasteiger partial charge is 0.262 e. The van der Waals surface area contributed by atoms with E-state index in [9.17, 15) is 4.79 Å². The van der Waals surface area contributed by atoms with Gasteiger partial charge in [0.05, 0.1) is 0 Å². The van der Waals surface area contributed by atoms with Crippen molar-refractivity contribution in [2.24, 2.45) is 0 Å². The lowest BCUT2D eigenvalue weighted by atomic mass is 10.1. The van der Waals surface area contributed by atoms with Crippen LogP contribution in [0.25, 0.3) is 11.3 Å². The molecule has 1 amide bonds. The third kappa shape index (κ3) is 4.28. The number of anilines is 1. The van der Waals surface area contributed by atoms with Gasteiger partial charge in [0.15, 0.2) is 6.61 Å². The van der Waals surface area contributed by atoms with Crippen LogP contribution < -0.4 is 10.1 Å². The largest absolute Gasteiger partial charge is 0.483 e. The van der Waals surface area contributed by atoms with E-state index in [4.69, 9.17) is 14.3 Å². The Kier molecular flexibility index (Phi) is 5.16. The number of ether oxygens (including phenoxy) is 1. The molecule has 2 aromatic carbocycles. The van der Waals surface area contributed by atoms with Crippen LogP contribution in [0, 0.1) is 6.92 Å². The van der Waals surface area contributed by atoms with Crippen LogP contribution in [0.1, 0.15) is 11.3 Å². The van der Waals surface area contributed by atoms with Crippen molar-refractivity contribution < 1.29 is 19.1 Å². The Bertz CT molecular complexity index is 852. The average Bonchev–Trinajstić information content (AvgIpc) is 3.11. The number of nitrogens with one attached hydrogen (secondary N) is 1. The van der Waals surface area contributed by atoms with Crippen LogP contribution in [-0.4, -0.2) is 17.6 Å². The number of hydrogen-bond donors (Lipinski definition) is 2. The monoisotopic (exact) mass is 337 g/mol. The minimum atomic E-state index is -0.225. The zero-order chi connectivity index (χ0) is 17.6. The molecule has 0 fully saturated rings. The van der Waals surface area contributed by atoms with Crippen LogP contribution in [0.3, 0.4) is 0 Å². The van der Waals surface area contributed by atoms with Crippen LogP contribution in [0.4, 0.5) is 5.69 Å². The molecule has 128 valence electrons. The molecule has 0 unspecified atom stereocenters. The van der Waals surface area contributed by atoms with E-state index >= 15 is 0 Å². The number of carbonyl (C=O) groups excluding carboxylic acids is 1. The first-order chi connectivity index (χ1) is 12.2. The van der Waals surface area contributed by atoms with Crippen LogP contribution >= 0.6 is 0 Å². The second kappa shape index (κ2) is 7.68. The molecular weight excluding hydrogens is 318 g/mol. The average molecular weight is 337 g/mol. The van der Waals surface area contributed by atoms with E-state index in [1.165, 1.54) is 0 Å². The molecule has 0 aliphatic rings. The minimum absolute atomic E-state index is 0.0509. The maximum absolute atomic E-state index is 12.0. The first kappa shape index (κ1) is 16.8. The van der Waals surface area contributed by atoms with Crippen molar-refractivity contribution in [3.05, 3.63) is 72.0 Å². The van der Waals surface area contributed by atoms with Crippen molar-refractivity contribution in [1.82, 2.24) is 0 Å². The second-order valence-electron chi connectivity index (χ2n) is 5.60. The van der Waals surface area contributed by atoms with Crippen molar-refractivity contribution in [1.29, 1.82) is 0 Å². The number of aliphatic hydroxyl groups is 1. The molecule has 5 heteroatoms. The Balaban J connectivity index is 1.57. The van der Waals surface area contributed by atoms with Crippen molar-refractivity contribution >= 4 is 11.6 Å². The van der Waals surface area contributed by atoms with E-state index in [1.807, 2.05) is 43.3 Å². The summed E-state index contributed by atoms with van der Waals surface area (Å²) in [6, 6.07) is 18.4. The summed E-state index contributed by atoms with van der Waals surface area (Å²) in [7, 11) is 0. The van der Waals surface area contributed by atoms with Gasteiger partial charge in [0.25, 0.3) is 5.91 Å². The fourth-order valence-electron chi connectivity index (χ4n) is 2.39. The standard InChI is InChI=1S/C20H19NO4/c1-14-4-2-3-5-18(14)24-13-20(23)21-16-8-6-15(7-9-16)19-11-10-17(12-22)25-19/h2-11,22H,12-13H2,1H3,(H,21,23). The van der Waals surface area contributed by atoms with Gasteiger partial charge >= 0.3 is 0 Å². The van der Waals surface area contributed by atoms with Gasteiger partial charge in [-0.2, -0.15) is 0 Å². The molecule has 0 saturated heterocycles. The van der Waals surface area contributed by atoms with Gasteiger partial charge in [-0.1, -0.05) is 18.2 Å². The highest BCUT2D eigenvalue weighted by atomic mass is 16.5. The second-order valence-corrected chi connectivity index (χ2v) is 5.60. The SMILES string of the molecule is Cc1ccccc1OCC(=O)Nc1ccc(-c2ccc(CO)o2)cc1. The summed E-state index contributed by atoms with van der Waals surface area (Å²) in [5.41, 5.74) is 2.53. The fraction of sp³-hybridized carbons (Fsp3) is 0.150. The number of rotatable bonds is 6. The molecular formula is C20H19NO4. The summed E-state index contributed by atoms with van der Waals surface area (Å²) >= 11 is 0. The number of benzene rings is 2. The van der Waals surface area contributed by atoms with Gasteiger partial charge in [0.1, 0.15) is 23.9 Å². The summed E-state index contributed by atoms with van der Waals surface area (Å²) in [5, 5.41) is 11.8. The lowest BCUT2D eigenvalue weighted by Gasteiger charge is -2.09. The van der Waals surface area contributed by atoms with Crippen LogP contribution in [0.2, 0.25) is 0 Å². The molecule has 0 saturated carbocycles. The summed E-state index contributed by atoms with van der Waals surface area (Å²) in [4.78, 5) is 12.0. The zero-order valence-corrected chi connectivity index (χ0v) is 13.9. The van der Waals surface area contributed by atoms with E-state index in [2.05, 4.69) is 5.32 Å². The summed E-state index contributed by atoms with van der Waals surface area (Å²) in [6.45, 7) is 1.75. The Morgan fingerprint density at radius 3 is 2.52 bits per heavy atom. The maximum Gasteiger partial charge on any atom is 0.262 e. The molecule has 3 aromatic rings. The predicted molar refractivity (Wildman–Crippen MR) is 95.4 cm³/mol. The number of furan rings is 1. The predicted octanol–water partition coefficient (Wildman–Crippen LogP) is 3.76. The van der Waals surface area contributed by atoms with Crippen molar-refractivity contribution in [2.45, 2.75) is 13.5 Å². The van der Waals surface area contributed by atoms with Crippen LogP contribution in [-0.2, 0) is 11.4 Å². The Morgan fingerprint density at radius 1 is 1.08 bits per heavy atom. The Labute approximate surface area is 145 Å². The maximum atomic E-state index is 12.0. The number of amides is 1. The van der Waals surface area contributed by atoms with E-state index in [-0.39, 0.29) is 19.1 Å². The van der Waals surface area contributed by atoms with E-state index in [0.717, 1.165) is 11.1 Å². The third-order valence-corrected chi connectivity index (χ3v) is 3.72. The molecule has 0 aliphatic carbocycles. The Hall–Kier alpha value is -3.05. The van der Waals surface area contributed by atoms with Gasteiger partial charge in [0, 0.05) is 11.3 Å². The molecule has 25 heavy (non-hydrogen) atoms. The van der Waals surface area contributed by atoms with Gasteiger partial charge < -0.3 is 19.6 Å². The van der Waals surface area contributed by atoms with Gasteiger partial charge in [-0.3, -0.25) is 4.79 Å². The lowest BCUT2D eigenvalue weighted by Crippen LogP contribution is -2.20. The highest BCUT2D eigenvalue weighted by Crippen LogP contribution is 2.24.